The molecule has 0 aliphatic heterocycles. The first-order valence-corrected chi connectivity index (χ1v) is 9.59. The molecule has 4 aliphatic carbocycles. The van der Waals surface area contributed by atoms with Gasteiger partial charge in [0.05, 0.1) is 12.0 Å². The second kappa shape index (κ2) is 5.28. The zero-order valence-electron chi connectivity index (χ0n) is 15.5. The molecule has 4 rings (SSSR count). The van der Waals surface area contributed by atoms with Crippen LogP contribution in [0.3, 0.4) is 0 Å². The van der Waals surface area contributed by atoms with Crippen molar-refractivity contribution in [3.63, 3.8) is 0 Å². The van der Waals surface area contributed by atoms with Crippen LogP contribution in [0.25, 0.3) is 0 Å². The average molecular weight is 362 g/mol. The largest absolute Gasteiger partial charge is 0.481 e. The van der Waals surface area contributed by atoms with Crippen LogP contribution in [-0.2, 0) is 9.59 Å². The molecule has 142 valence electrons. The monoisotopic (exact) mass is 362 g/mol. The van der Waals surface area contributed by atoms with Crippen LogP contribution in [0.4, 0.5) is 4.39 Å². The van der Waals surface area contributed by atoms with Gasteiger partial charge < -0.3 is 10.2 Å². The smallest absolute Gasteiger partial charge is 0.307 e. The summed E-state index contributed by atoms with van der Waals surface area (Å²) in [4.78, 5) is 23.7. The molecule has 2 N–H and O–H groups in total. The van der Waals surface area contributed by atoms with Crippen molar-refractivity contribution in [1.82, 2.24) is 0 Å². The van der Waals surface area contributed by atoms with E-state index >= 15 is 4.39 Å². The number of carbonyl (C=O) groups excluding carboxylic acids is 1. The first-order valence-electron chi connectivity index (χ1n) is 9.59. The minimum Gasteiger partial charge on any atom is -0.481 e. The van der Waals surface area contributed by atoms with E-state index in [4.69, 9.17) is 0 Å². The number of fused-ring (bicyclic) bond motifs is 5. The molecular formula is C21H27FO4. The lowest BCUT2D eigenvalue weighted by Gasteiger charge is -2.61. The predicted molar refractivity (Wildman–Crippen MR) is 94.0 cm³/mol. The number of aliphatic hydroxyl groups excluding tert-OH is 1. The quantitative estimate of drug-likeness (QED) is 0.750. The zero-order valence-corrected chi connectivity index (χ0v) is 15.5. The van der Waals surface area contributed by atoms with Gasteiger partial charge in [0.25, 0.3) is 0 Å². The van der Waals surface area contributed by atoms with Gasteiger partial charge >= 0.3 is 5.97 Å². The van der Waals surface area contributed by atoms with Crippen LogP contribution in [0.15, 0.2) is 23.8 Å². The van der Waals surface area contributed by atoms with Gasteiger partial charge in [-0.1, -0.05) is 25.5 Å². The van der Waals surface area contributed by atoms with Crippen molar-refractivity contribution in [2.75, 3.05) is 0 Å². The molecule has 4 nitrogen and oxygen atoms in total. The van der Waals surface area contributed by atoms with E-state index < -0.39 is 40.4 Å². The third kappa shape index (κ3) is 1.93. The van der Waals surface area contributed by atoms with Gasteiger partial charge in [0, 0.05) is 11.3 Å². The van der Waals surface area contributed by atoms with Gasteiger partial charge in [0.15, 0.2) is 11.5 Å². The van der Waals surface area contributed by atoms with Crippen molar-refractivity contribution in [1.29, 1.82) is 0 Å². The van der Waals surface area contributed by atoms with Crippen molar-refractivity contribution < 1.29 is 24.2 Å². The Kier molecular flexibility index (Phi) is 3.63. The Bertz CT molecular complexity index is 742. The van der Waals surface area contributed by atoms with Crippen LogP contribution in [0, 0.1) is 34.5 Å². The summed E-state index contributed by atoms with van der Waals surface area (Å²) in [5.74, 6) is -2.04. The lowest BCUT2D eigenvalue weighted by Crippen LogP contribution is -2.66. The normalized spacial score (nSPS) is 52.7. The number of rotatable bonds is 1. The summed E-state index contributed by atoms with van der Waals surface area (Å²) < 4.78 is 16.7. The SMILES string of the molecule is C[C@@H]1C[C@H]2[C@@H]3CCC4=CC(=O)C=C[C@]4(C)[C@@]3(F)[C@@H](O)C[C@]2(C)C1C(=O)O. The highest BCUT2D eigenvalue weighted by Gasteiger charge is 2.71. The van der Waals surface area contributed by atoms with Gasteiger partial charge in [0.1, 0.15) is 0 Å². The summed E-state index contributed by atoms with van der Waals surface area (Å²) >= 11 is 0. The molecule has 8 atom stereocenters. The Hall–Kier alpha value is -1.49. The van der Waals surface area contributed by atoms with Crippen LogP contribution < -0.4 is 0 Å². The van der Waals surface area contributed by atoms with E-state index in [2.05, 4.69) is 0 Å². The molecule has 0 spiro atoms. The van der Waals surface area contributed by atoms with Gasteiger partial charge in [0.2, 0.25) is 0 Å². The van der Waals surface area contributed by atoms with E-state index in [1.54, 1.807) is 13.0 Å². The third-order valence-corrected chi connectivity index (χ3v) is 8.25. The number of hydrogen-bond acceptors (Lipinski definition) is 3. The van der Waals surface area contributed by atoms with Gasteiger partial charge in [-0.25, -0.2) is 4.39 Å². The summed E-state index contributed by atoms with van der Waals surface area (Å²) in [7, 11) is 0. The molecular weight excluding hydrogens is 335 g/mol. The molecule has 0 bridgehead atoms. The van der Waals surface area contributed by atoms with E-state index in [9.17, 15) is 19.8 Å². The molecule has 0 aromatic heterocycles. The molecule has 1 unspecified atom stereocenters. The van der Waals surface area contributed by atoms with Crippen LogP contribution >= 0.6 is 0 Å². The van der Waals surface area contributed by atoms with Crippen LogP contribution in [0.1, 0.15) is 46.5 Å². The van der Waals surface area contributed by atoms with Gasteiger partial charge in [-0.3, -0.25) is 9.59 Å². The van der Waals surface area contributed by atoms with E-state index in [0.717, 1.165) is 5.57 Å². The van der Waals surface area contributed by atoms with Crippen LogP contribution in [-0.4, -0.2) is 33.7 Å². The molecule has 4 aliphatic rings. The maximum Gasteiger partial charge on any atom is 0.307 e. The first kappa shape index (κ1) is 17.9. The number of carbonyl (C=O) groups is 2. The minimum absolute atomic E-state index is 0.0368. The Balaban J connectivity index is 1.82. The fraction of sp³-hybridized carbons (Fsp3) is 0.714. The van der Waals surface area contributed by atoms with Crippen molar-refractivity contribution in [3.05, 3.63) is 23.8 Å². The Morgan fingerprint density at radius 3 is 2.65 bits per heavy atom. The molecule has 0 radical (unpaired) electrons. The van der Waals surface area contributed by atoms with E-state index in [1.807, 2.05) is 13.8 Å². The number of hydrogen-bond donors (Lipinski definition) is 2. The lowest BCUT2D eigenvalue weighted by molar-refractivity contribution is -0.198. The maximum atomic E-state index is 16.7. The molecule has 0 aromatic rings. The first-order chi connectivity index (χ1) is 12.1. The van der Waals surface area contributed by atoms with Gasteiger partial charge in [-0.05, 0) is 62.0 Å². The number of carboxylic acid groups (broad SMARTS) is 1. The number of allylic oxidation sites excluding steroid dienone is 4. The fourth-order valence-corrected chi connectivity index (χ4v) is 7.10. The molecule has 0 saturated heterocycles. The Morgan fingerprint density at radius 2 is 2.00 bits per heavy atom. The average Bonchev–Trinajstić information content (AvgIpc) is 2.80. The van der Waals surface area contributed by atoms with Gasteiger partial charge in [-0.15, -0.1) is 0 Å². The number of aliphatic hydroxyl groups is 1. The molecule has 0 amide bonds. The summed E-state index contributed by atoms with van der Waals surface area (Å²) in [5.41, 5.74) is -2.72. The van der Waals surface area contributed by atoms with Crippen molar-refractivity contribution in [2.45, 2.75) is 58.2 Å². The van der Waals surface area contributed by atoms with E-state index in [0.29, 0.717) is 19.3 Å². The topological polar surface area (TPSA) is 74.6 Å². The van der Waals surface area contributed by atoms with Crippen molar-refractivity contribution >= 4 is 11.8 Å². The number of alkyl halides is 1. The highest BCUT2D eigenvalue weighted by atomic mass is 19.1. The predicted octanol–water partition coefficient (Wildman–Crippen LogP) is 3.30. The minimum atomic E-state index is -1.87. The number of ketones is 1. The molecule has 3 fully saturated rings. The van der Waals surface area contributed by atoms with Crippen LogP contribution in [0.2, 0.25) is 0 Å². The molecule has 0 aromatic carbocycles. The number of aliphatic carboxylic acids is 1. The zero-order chi connectivity index (χ0) is 19.1. The highest BCUT2D eigenvalue weighted by molar-refractivity contribution is 6.01. The fourth-order valence-electron chi connectivity index (χ4n) is 7.10. The molecule has 5 heteroatoms. The summed E-state index contributed by atoms with van der Waals surface area (Å²) in [6, 6.07) is 0. The van der Waals surface area contributed by atoms with Gasteiger partial charge in [-0.2, -0.15) is 0 Å². The molecule has 3 saturated carbocycles. The lowest BCUT2D eigenvalue weighted by atomic mass is 9.45. The summed E-state index contributed by atoms with van der Waals surface area (Å²) in [5, 5.41) is 20.8. The number of halogens is 1. The standard InChI is InChI=1S/C21H27FO4/c1-11-8-15-14-5-4-12-9-13(23)6-7-20(12,3)21(14,22)16(24)10-19(15,2)17(11)18(25)26/h6-7,9,11,14-17,24H,4-5,8,10H2,1-3H3,(H,25,26)/t11-,14+,15+,16+,17?,19+,20+,21+/m1/s1. The highest BCUT2D eigenvalue weighted by Crippen LogP contribution is 2.69. The van der Waals surface area contributed by atoms with Crippen LogP contribution in [0.5, 0.6) is 0 Å². The van der Waals surface area contributed by atoms with E-state index in [-0.39, 0.29) is 24.0 Å². The van der Waals surface area contributed by atoms with Crippen molar-refractivity contribution in [2.24, 2.45) is 34.5 Å². The Morgan fingerprint density at radius 1 is 1.31 bits per heavy atom. The number of carboxylic acids is 1. The second-order valence-corrected chi connectivity index (χ2v) is 9.38. The third-order valence-electron chi connectivity index (χ3n) is 8.25. The second-order valence-electron chi connectivity index (χ2n) is 9.38. The molecule has 26 heavy (non-hydrogen) atoms. The van der Waals surface area contributed by atoms with E-state index in [1.165, 1.54) is 12.2 Å². The molecule has 0 heterocycles. The Labute approximate surface area is 153 Å². The maximum absolute atomic E-state index is 16.7. The van der Waals surface area contributed by atoms with Crippen molar-refractivity contribution in [3.8, 4) is 0 Å². The summed E-state index contributed by atoms with van der Waals surface area (Å²) in [6.45, 7) is 5.65. The summed E-state index contributed by atoms with van der Waals surface area (Å²) in [6.07, 6.45) is 5.32.